The van der Waals surface area contributed by atoms with Crippen molar-refractivity contribution in [2.24, 2.45) is 0 Å². The van der Waals surface area contributed by atoms with Gasteiger partial charge in [0.2, 0.25) is 0 Å². The lowest BCUT2D eigenvalue weighted by Gasteiger charge is -2.08. The molecule has 0 aliphatic rings. The minimum Gasteiger partial charge on any atom is -0.497 e. The summed E-state index contributed by atoms with van der Waals surface area (Å²) in [7, 11) is 3.08. The molecule has 0 radical (unpaired) electrons. The number of benzene rings is 2. The Labute approximate surface area is 183 Å². The normalized spacial score (nSPS) is 9.73. The third kappa shape index (κ3) is 6.41. The Kier molecular flexibility index (Phi) is 9.02. The second-order valence-electron chi connectivity index (χ2n) is 5.77. The summed E-state index contributed by atoms with van der Waals surface area (Å²) < 4.78 is 10.5. The van der Waals surface area contributed by atoms with Gasteiger partial charge in [-0.05, 0) is 48.5 Å². The Bertz CT molecular complexity index is 936. The molecule has 0 aliphatic carbocycles. The molecule has 30 heavy (non-hydrogen) atoms. The van der Waals surface area contributed by atoms with Gasteiger partial charge in [0.15, 0.2) is 11.6 Å². The maximum atomic E-state index is 12.4. The van der Waals surface area contributed by atoms with Crippen LogP contribution in [0.5, 0.6) is 11.5 Å². The van der Waals surface area contributed by atoms with Crippen molar-refractivity contribution in [1.82, 2.24) is 0 Å². The van der Waals surface area contributed by atoms with Gasteiger partial charge in [0.05, 0.1) is 30.0 Å². The molecule has 0 N–H and O–H groups in total. The number of rotatable bonds is 10. The average molecular weight is 439 g/mol. The van der Waals surface area contributed by atoms with Gasteiger partial charge in [0.1, 0.15) is 29.2 Å². The SMILES string of the molecule is COc1ccc(C(=O)CSC(SCC(=O)c2ccc(OC)cc2)=C(C#N)C#N)cc1. The van der Waals surface area contributed by atoms with E-state index in [9.17, 15) is 20.1 Å². The molecule has 6 nitrogen and oxygen atoms in total. The number of allylic oxidation sites excluding steroid dienone is 1. The molecule has 0 aliphatic heterocycles. The van der Waals surface area contributed by atoms with Crippen LogP contribution >= 0.6 is 23.5 Å². The number of nitrogens with zero attached hydrogens (tertiary/aromatic N) is 2. The monoisotopic (exact) mass is 438 g/mol. The van der Waals surface area contributed by atoms with E-state index in [2.05, 4.69) is 0 Å². The molecule has 0 saturated heterocycles. The summed E-state index contributed by atoms with van der Waals surface area (Å²) in [5.74, 6) is 1.05. The van der Waals surface area contributed by atoms with Crippen LogP contribution in [0, 0.1) is 22.7 Å². The fourth-order valence-electron chi connectivity index (χ4n) is 2.28. The molecule has 0 amide bonds. The van der Waals surface area contributed by atoms with E-state index in [-0.39, 0.29) is 28.6 Å². The van der Waals surface area contributed by atoms with Crippen LogP contribution in [0.25, 0.3) is 0 Å². The predicted octanol–water partition coefficient (Wildman–Crippen LogP) is 4.49. The van der Waals surface area contributed by atoms with Crippen molar-refractivity contribution < 1.29 is 19.1 Å². The van der Waals surface area contributed by atoms with Gasteiger partial charge >= 0.3 is 0 Å². The summed E-state index contributed by atoms with van der Waals surface area (Å²) in [6.45, 7) is 0. The third-order valence-electron chi connectivity index (χ3n) is 3.92. The Balaban J connectivity index is 2.04. The fourth-order valence-corrected chi connectivity index (χ4v) is 4.30. The van der Waals surface area contributed by atoms with Crippen LogP contribution in [0.4, 0.5) is 0 Å². The first-order chi connectivity index (χ1) is 14.5. The average Bonchev–Trinajstić information content (AvgIpc) is 2.80. The van der Waals surface area contributed by atoms with Gasteiger partial charge in [0, 0.05) is 11.1 Å². The van der Waals surface area contributed by atoms with Gasteiger partial charge in [-0.1, -0.05) is 0 Å². The summed E-state index contributed by atoms with van der Waals surface area (Å²) in [5.41, 5.74) is 0.880. The molecule has 8 heteroatoms. The number of Topliss-reactive ketones (excluding diaryl/α,β-unsaturated/α-hetero) is 2. The van der Waals surface area contributed by atoms with Crippen LogP contribution in [0.15, 0.2) is 58.3 Å². The standard InChI is InChI=1S/C22H18N2O4S2/c1-27-18-7-3-15(4-8-18)20(25)13-29-22(17(11-23)12-24)30-14-21(26)16-5-9-19(28-2)10-6-16/h3-10H,13-14H2,1-2H3. The van der Waals surface area contributed by atoms with Crippen molar-refractivity contribution in [3.8, 4) is 23.6 Å². The number of thioether (sulfide) groups is 2. The highest BCUT2D eigenvalue weighted by Crippen LogP contribution is 2.33. The fraction of sp³-hybridized carbons (Fsp3) is 0.182. The molecule has 2 aromatic carbocycles. The number of hydrogen-bond donors (Lipinski definition) is 0. The lowest BCUT2D eigenvalue weighted by molar-refractivity contribution is 0.101. The molecule has 2 aromatic rings. The molecular formula is C22H18N2O4S2. The molecule has 0 bridgehead atoms. The number of methoxy groups -OCH3 is 2. The Morgan fingerprint density at radius 2 is 1.13 bits per heavy atom. The van der Waals surface area contributed by atoms with E-state index in [1.54, 1.807) is 62.8 Å². The maximum Gasteiger partial charge on any atom is 0.173 e. The molecule has 0 unspecified atom stereocenters. The summed E-state index contributed by atoms with van der Waals surface area (Å²) in [6.07, 6.45) is 0. The van der Waals surface area contributed by atoms with Crippen molar-refractivity contribution in [2.45, 2.75) is 0 Å². The number of carbonyl (C=O) groups excluding carboxylic acids is 2. The highest BCUT2D eigenvalue weighted by atomic mass is 32.2. The van der Waals surface area contributed by atoms with Crippen LogP contribution in [0.2, 0.25) is 0 Å². The Hall–Kier alpha value is -3.20. The van der Waals surface area contributed by atoms with E-state index >= 15 is 0 Å². The maximum absolute atomic E-state index is 12.4. The van der Waals surface area contributed by atoms with E-state index < -0.39 is 0 Å². The number of ether oxygens (including phenoxy) is 2. The van der Waals surface area contributed by atoms with Crippen molar-refractivity contribution >= 4 is 35.1 Å². The molecule has 0 saturated carbocycles. The zero-order valence-electron chi connectivity index (χ0n) is 16.4. The zero-order valence-corrected chi connectivity index (χ0v) is 18.0. The van der Waals surface area contributed by atoms with Crippen LogP contribution in [-0.4, -0.2) is 37.3 Å². The lowest BCUT2D eigenvalue weighted by atomic mass is 10.1. The predicted molar refractivity (Wildman–Crippen MR) is 118 cm³/mol. The molecule has 152 valence electrons. The number of carbonyl (C=O) groups is 2. The van der Waals surface area contributed by atoms with Crippen molar-refractivity contribution in [3.63, 3.8) is 0 Å². The van der Waals surface area contributed by atoms with Gasteiger partial charge in [0.25, 0.3) is 0 Å². The van der Waals surface area contributed by atoms with Crippen LogP contribution in [-0.2, 0) is 0 Å². The molecule has 0 spiro atoms. The largest absolute Gasteiger partial charge is 0.497 e. The van der Waals surface area contributed by atoms with E-state index in [0.29, 0.717) is 26.9 Å². The number of hydrogen-bond acceptors (Lipinski definition) is 8. The van der Waals surface area contributed by atoms with Crippen molar-refractivity contribution in [3.05, 3.63) is 69.5 Å². The first-order valence-corrected chi connectivity index (χ1v) is 10.6. The second-order valence-corrected chi connectivity index (χ2v) is 8.00. The zero-order chi connectivity index (χ0) is 21.9. The number of nitriles is 2. The molecule has 0 heterocycles. The van der Waals surface area contributed by atoms with Gasteiger partial charge in [-0.25, -0.2) is 0 Å². The molecule has 0 aromatic heterocycles. The van der Waals surface area contributed by atoms with Crippen molar-refractivity contribution in [1.29, 1.82) is 10.5 Å². The van der Waals surface area contributed by atoms with Gasteiger partial charge in [-0.3, -0.25) is 9.59 Å². The highest BCUT2D eigenvalue weighted by Gasteiger charge is 2.15. The lowest BCUT2D eigenvalue weighted by Crippen LogP contribution is -2.05. The second kappa shape index (κ2) is 11.7. The quantitative estimate of drug-likeness (QED) is 0.395. The molecular weight excluding hydrogens is 420 g/mol. The summed E-state index contributed by atoms with van der Waals surface area (Å²) >= 11 is 2.16. The van der Waals surface area contributed by atoms with E-state index in [4.69, 9.17) is 9.47 Å². The highest BCUT2D eigenvalue weighted by molar-refractivity contribution is 8.22. The van der Waals surface area contributed by atoms with Crippen LogP contribution in [0.1, 0.15) is 20.7 Å². The summed E-state index contributed by atoms with van der Waals surface area (Å²) in [5, 5.41) is 18.4. The van der Waals surface area contributed by atoms with Gasteiger partial charge in [-0.15, -0.1) is 23.5 Å². The Morgan fingerprint density at radius 3 is 1.43 bits per heavy atom. The summed E-state index contributed by atoms with van der Waals surface area (Å²) in [6, 6.07) is 17.0. The van der Waals surface area contributed by atoms with Crippen LogP contribution < -0.4 is 9.47 Å². The first kappa shape index (κ1) is 23.1. The molecule has 0 atom stereocenters. The smallest absolute Gasteiger partial charge is 0.173 e. The van der Waals surface area contributed by atoms with E-state index in [0.717, 1.165) is 23.5 Å². The van der Waals surface area contributed by atoms with Crippen LogP contribution in [0.3, 0.4) is 0 Å². The van der Waals surface area contributed by atoms with Gasteiger partial charge in [-0.2, -0.15) is 10.5 Å². The van der Waals surface area contributed by atoms with E-state index in [1.807, 2.05) is 12.1 Å². The molecule has 2 rings (SSSR count). The summed E-state index contributed by atoms with van der Waals surface area (Å²) in [4.78, 5) is 24.9. The van der Waals surface area contributed by atoms with Crippen molar-refractivity contribution in [2.75, 3.05) is 25.7 Å². The molecule has 0 fully saturated rings. The minimum atomic E-state index is -0.155. The Morgan fingerprint density at radius 1 is 0.767 bits per heavy atom. The van der Waals surface area contributed by atoms with E-state index in [1.165, 1.54) is 0 Å². The first-order valence-electron chi connectivity index (χ1n) is 8.67. The third-order valence-corrected chi connectivity index (χ3v) is 6.37. The minimum absolute atomic E-state index is 0.0399. The van der Waals surface area contributed by atoms with Gasteiger partial charge < -0.3 is 9.47 Å². The topological polar surface area (TPSA) is 100 Å². The number of ketones is 2.